The van der Waals surface area contributed by atoms with Crippen molar-refractivity contribution in [2.45, 2.75) is 24.2 Å². The van der Waals surface area contributed by atoms with Gasteiger partial charge in [0.05, 0.1) is 11.1 Å². The number of hydrogen-bond acceptors (Lipinski definition) is 1. The van der Waals surface area contributed by atoms with Crippen LogP contribution in [0, 0.1) is 6.92 Å². The molecule has 0 bridgehead atoms. The summed E-state index contributed by atoms with van der Waals surface area (Å²) in [5, 5.41) is 0. The van der Waals surface area contributed by atoms with Gasteiger partial charge in [0.2, 0.25) is 0 Å². The normalized spacial score (nSPS) is 12.9. The van der Waals surface area contributed by atoms with Crippen LogP contribution in [0.1, 0.15) is 16.7 Å². The maximum atomic E-state index is 12.7. The predicted molar refractivity (Wildman–Crippen MR) is 53.0 cm³/mol. The molecule has 0 aromatic heterocycles. The Labute approximate surface area is 98.0 Å². The zero-order chi connectivity index (χ0) is 13.4. The minimum Gasteiger partial charge on any atom is -0.166 e. The predicted octanol–water partition coefficient (Wildman–Crippen LogP) is 4.75. The minimum absolute atomic E-state index is 0.421. The lowest BCUT2D eigenvalue weighted by molar-refractivity contribution is -0.164. The highest BCUT2D eigenvalue weighted by atomic mass is 32.2. The Morgan fingerprint density at radius 3 is 1.71 bits per heavy atom. The Morgan fingerprint density at radius 1 is 0.882 bits per heavy atom. The van der Waals surface area contributed by atoms with Gasteiger partial charge < -0.3 is 0 Å². The molecule has 0 nitrogen and oxygen atoms in total. The van der Waals surface area contributed by atoms with E-state index >= 15 is 0 Å². The molecule has 0 aliphatic heterocycles. The Kier molecular flexibility index (Phi) is 3.71. The summed E-state index contributed by atoms with van der Waals surface area (Å²) in [6.45, 7) is 1.02. The van der Waals surface area contributed by atoms with Crippen molar-refractivity contribution in [1.82, 2.24) is 0 Å². The van der Waals surface area contributed by atoms with E-state index in [9.17, 15) is 26.3 Å². The molecule has 96 valence electrons. The van der Waals surface area contributed by atoms with Crippen LogP contribution in [0.5, 0.6) is 0 Å². The average Bonchev–Trinajstić information content (AvgIpc) is 2.13. The number of thioether (sulfide) groups is 1. The molecule has 0 saturated carbocycles. The van der Waals surface area contributed by atoms with Crippen molar-refractivity contribution >= 4 is 11.8 Å². The maximum Gasteiger partial charge on any atom is 0.418 e. The zero-order valence-electron chi connectivity index (χ0n) is 8.83. The quantitative estimate of drug-likeness (QED) is 0.526. The van der Waals surface area contributed by atoms with Crippen LogP contribution in [0.25, 0.3) is 0 Å². The molecular weight excluding hydrogens is 266 g/mol. The summed E-state index contributed by atoms with van der Waals surface area (Å²) in [5.41, 5.74) is -3.63. The van der Waals surface area contributed by atoms with Crippen molar-refractivity contribution < 1.29 is 26.3 Å². The van der Waals surface area contributed by atoms with E-state index in [-0.39, 0.29) is 0 Å². The molecule has 0 aliphatic rings. The van der Waals surface area contributed by atoms with Crippen molar-refractivity contribution in [3.63, 3.8) is 0 Å². The molecule has 0 fully saturated rings. The molecule has 0 aliphatic carbocycles. The van der Waals surface area contributed by atoms with E-state index in [0.29, 0.717) is 11.8 Å². The van der Waals surface area contributed by atoms with Gasteiger partial charge in [0.1, 0.15) is 0 Å². The minimum atomic E-state index is -5.02. The lowest BCUT2D eigenvalue weighted by Gasteiger charge is -2.20. The van der Waals surface area contributed by atoms with Gasteiger partial charge in [-0.3, -0.25) is 0 Å². The van der Waals surface area contributed by atoms with Gasteiger partial charge in [-0.25, -0.2) is 0 Å². The molecule has 1 aromatic rings. The van der Waals surface area contributed by atoms with Crippen LogP contribution >= 0.6 is 11.8 Å². The van der Waals surface area contributed by atoms with Gasteiger partial charge in [0, 0.05) is 4.90 Å². The van der Waals surface area contributed by atoms with Crippen LogP contribution < -0.4 is 0 Å². The first-order chi connectivity index (χ1) is 7.59. The lowest BCUT2D eigenvalue weighted by Crippen LogP contribution is -2.19. The van der Waals surface area contributed by atoms with Crippen LogP contribution in [0.2, 0.25) is 0 Å². The Balaban J connectivity index is 3.67. The van der Waals surface area contributed by atoms with Gasteiger partial charge in [-0.05, 0) is 24.8 Å². The highest BCUT2D eigenvalue weighted by Crippen LogP contribution is 2.45. The summed E-state index contributed by atoms with van der Waals surface area (Å²) in [5.74, 6) is 0. The fourth-order valence-electron chi connectivity index (χ4n) is 1.50. The number of alkyl halides is 6. The number of benzene rings is 1. The second-order valence-electron chi connectivity index (χ2n) is 3.33. The molecule has 0 N–H and O–H groups in total. The van der Waals surface area contributed by atoms with Crippen molar-refractivity contribution in [1.29, 1.82) is 0 Å². The Bertz CT molecular complexity index is 418. The molecule has 0 atom stereocenters. The second-order valence-corrected chi connectivity index (χ2v) is 4.18. The number of hydrogen-bond donors (Lipinski definition) is 0. The van der Waals surface area contributed by atoms with E-state index in [2.05, 4.69) is 0 Å². The monoisotopic (exact) mass is 274 g/mol. The molecule has 1 aromatic carbocycles. The van der Waals surface area contributed by atoms with Crippen molar-refractivity contribution in [3.05, 3.63) is 28.8 Å². The summed E-state index contributed by atoms with van der Waals surface area (Å²) >= 11 is 0.641. The highest BCUT2D eigenvalue weighted by molar-refractivity contribution is 7.98. The van der Waals surface area contributed by atoms with Gasteiger partial charge in [0.15, 0.2) is 0 Å². The largest absolute Gasteiger partial charge is 0.418 e. The third kappa shape index (κ3) is 2.88. The molecule has 0 radical (unpaired) electrons. The van der Waals surface area contributed by atoms with Crippen molar-refractivity contribution in [3.8, 4) is 0 Å². The Hall–Kier alpha value is -0.850. The van der Waals surface area contributed by atoms with E-state index in [1.165, 1.54) is 6.26 Å². The molecule has 0 spiro atoms. The zero-order valence-corrected chi connectivity index (χ0v) is 9.65. The van der Waals surface area contributed by atoms with Gasteiger partial charge >= 0.3 is 12.4 Å². The second kappa shape index (κ2) is 4.44. The molecule has 0 heterocycles. The number of halogens is 6. The molecule has 17 heavy (non-hydrogen) atoms. The molecular formula is C10H8F6S. The maximum absolute atomic E-state index is 12.7. The van der Waals surface area contributed by atoms with Crippen LogP contribution in [-0.2, 0) is 12.4 Å². The summed E-state index contributed by atoms with van der Waals surface area (Å²) in [6, 6.07) is 2.10. The van der Waals surface area contributed by atoms with Gasteiger partial charge in [-0.1, -0.05) is 6.07 Å². The molecule has 0 saturated heterocycles. The molecule has 7 heteroatoms. The van der Waals surface area contributed by atoms with Crippen molar-refractivity contribution in [2.75, 3.05) is 6.26 Å². The van der Waals surface area contributed by atoms with Gasteiger partial charge in [0.25, 0.3) is 0 Å². The van der Waals surface area contributed by atoms with Crippen LogP contribution in [-0.4, -0.2) is 6.26 Å². The van der Waals surface area contributed by atoms with Crippen LogP contribution in [0.15, 0.2) is 17.0 Å². The van der Waals surface area contributed by atoms with E-state index in [4.69, 9.17) is 0 Å². The third-order valence-corrected chi connectivity index (χ3v) is 2.94. The smallest absolute Gasteiger partial charge is 0.166 e. The third-order valence-electron chi connectivity index (χ3n) is 2.16. The first-order valence-electron chi connectivity index (χ1n) is 4.41. The summed E-state index contributed by atoms with van der Waals surface area (Å²) in [6.07, 6.45) is -8.73. The highest BCUT2D eigenvalue weighted by Gasteiger charge is 2.45. The standard InChI is InChI=1S/C10H8F6S/c1-5-3-4-6(17-2)8(10(14,15)16)7(5)9(11,12)13/h3-4H,1-2H3. The van der Waals surface area contributed by atoms with Crippen LogP contribution in [0.4, 0.5) is 26.3 Å². The van der Waals surface area contributed by atoms with E-state index in [0.717, 1.165) is 19.1 Å². The molecule has 0 unspecified atom stereocenters. The van der Waals surface area contributed by atoms with Gasteiger partial charge in [-0.15, -0.1) is 11.8 Å². The van der Waals surface area contributed by atoms with E-state index < -0.39 is 33.9 Å². The fourth-order valence-corrected chi connectivity index (χ4v) is 2.13. The average molecular weight is 274 g/mol. The topological polar surface area (TPSA) is 0 Å². The van der Waals surface area contributed by atoms with E-state index in [1.807, 2.05) is 0 Å². The lowest BCUT2D eigenvalue weighted by atomic mass is 10.0. The van der Waals surface area contributed by atoms with Gasteiger partial charge in [-0.2, -0.15) is 26.3 Å². The summed E-state index contributed by atoms with van der Waals surface area (Å²) in [4.78, 5) is -0.421. The number of rotatable bonds is 1. The van der Waals surface area contributed by atoms with Crippen molar-refractivity contribution in [2.24, 2.45) is 0 Å². The SMILES string of the molecule is CSc1ccc(C)c(C(F)(F)F)c1C(F)(F)F. The summed E-state index contributed by atoms with van der Waals surface area (Å²) < 4.78 is 76.0. The first-order valence-corrected chi connectivity index (χ1v) is 5.63. The summed E-state index contributed by atoms with van der Waals surface area (Å²) in [7, 11) is 0. The fraction of sp³-hybridized carbons (Fsp3) is 0.400. The first kappa shape index (κ1) is 14.2. The molecule has 0 amide bonds. The number of aryl methyl sites for hydroxylation is 1. The van der Waals surface area contributed by atoms with E-state index in [1.54, 1.807) is 0 Å². The molecule has 1 rings (SSSR count). The Morgan fingerprint density at radius 2 is 1.35 bits per heavy atom. The van der Waals surface area contributed by atoms with Crippen LogP contribution in [0.3, 0.4) is 0 Å².